The van der Waals surface area contributed by atoms with E-state index in [9.17, 15) is 0 Å². The van der Waals surface area contributed by atoms with E-state index in [0.717, 1.165) is 26.8 Å². The summed E-state index contributed by atoms with van der Waals surface area (Å²) in [5.41, 5.74) is 2.31. The van der Waals surface area contributed by atoms with E-state index < -0.39 is 0 Å². The summed E-state index contributed by atoms with van der Waals surface area (Å²) in [5.74, 6) is 0.719. The zero-order valence-electron chi connectivity index (χ0n) is 11.0. The molecule has 0 unspecified atom stereocenters. The molecular weight excluding hydrogens is 322 g/mol. The van der Waals surface area contributed by atoms with Crippen molar-refractivity contribution in [2.75, 3.05) is 20.2 Å². The van der Waals surface area contributed by atoms with Crippen LogP contribution in [0.25, 0.3) is 22.1 Å². The third kappa shape index (κ3) is 2.54. The second-order valence-corrected chi connectivity index (χ2v) is 5.62. The third-order valence-electron chi connectivity index (χ3n) is 3.11. The largest absolute Gasteiger partial charge is 0.453 e. The van der Waals surface area contributed by atoms with Crippen LogP contribution in [0.15, 0.2) is 33.3 Å². The van der Waals surface area contributed by atoms with Gasteiger partial charge in [-0.25, -0.2) is 9.97 Å². The van der Waals surface area contributed by atoms with Crippen LogP contribution in [0.5, 0.6) is 0 Å². The van der Waals surface area contributed by atoms with Crippen molar-refractivity contribution in [1.82, 2.24) is 14.9 Å². The summed E-state index contributed by atoms with van der Waals surface area (Å²) in [5, 5.41) is 9.90. The second-order valence-electron chi connectivity index (χ2n) is 4.70. The molecule has 0 aliphatic rings. The van der Waals surface area contributed by atoms with Gasteiger partial charge in [0, 0.05) is 16.4 Å². The average molecular weight is 336 g/mol. The van der Waals surface area contributed by atoms with E-state index in [-0.39, 0.29) is 6.61 Å². The van der Waals surface area contributed by atoms with E-state index in [1.165, 1.54) is 0 Å². The predicted octanol–water partition coefficient (Wildman–Crippen LogP) is 2.56. The number of aliphatic hydroxyl groups excluding tert-OH is 1. The maximum atomic E-state index is 8.92. The number of aliphatic hydroxyl groups is 1. The lowest BCUT2D eigenvalue weighted by molar-refractivity contribution is 0.214. The second kappa shape index (κ2) is 5.47. The van der Waals surface area contributed by atoms with Gasteiger partial charge in [0.15, 0.2) is 5.58 Å². The van der Waals surface area contributed by atoms with Crippen molar-refractivity contribution in [2.45, 2.75) is 6.54 Å². The summed E-state index contributed by atoms with van der Waals surface area (Å²) in [4.78, 5) is 10.9. The third-order valence-corrected chi connectivity index (χ3v) is 3.61. The predicted molar refractivity (Wildman–Crippen MR) is 80.4 cm³/mol. The fourth-order valence-corrected chi connectivity index (χ4v) is 2.50. The first-order valence-electron chi connectivity index (χ1n) is 6.30. The number of furan rings is 1. The molecule has 104 valence electrons. The van der Waals surface area contributed by atoms with E-state index in [0.29, 0.717) is 18.7 Å². The van der Waals surface area contributed by atoms with Gasteiger partial charge in [0.05, 0.1) is 19.3 Å². The van der Waals surface area contributed by atoms with Gasteiger partial charge in [-0.05, 0) is 25.2 Å². The highest BCUT2D eigenvalue weighted by Crippen LogP contribution is 2.29. The molecule has 0 spiro atoms. The number of hydrogen-bond acceptors (Lipinski definition) is 5. The van der Waals surface area contributed by atoms with Crippen LogP contribution in [-0.2, 0) is 6.54 Å². The maximum absolute atomic E-state index is 8.92. The van der Waals surface area contributed by atoms with Gasteiger partial charge in [0.1, 0.15) is 16.9 Å². The highest BCUT2D eigenvalue weighted by atomic mass is 79.9. The van der Waals surface area contributed by atoms with Crippen molar-refractivity contribution in [1.29, 1.82) is 0 Å². The van der Waals surface area contributed by atoms with Crippen molar-refractivity contribution in [2.24, 2.45) is 0 Å². The Morgan fingerprint density at radius 1 is 1.35 bits per heavy atom. The first-order valence-corrected chi connectivity index (χ1v) is 7.10. The lowest BCUT2D eigenvalue weighted by atomic mass is 10.2. The minimum absolute atomic E-state index is 0.125. The van der Waals surface area contributed by atoms with Crippen LogP contribution in [0.1, 0.15) is 5.82 Å². The zero-order valence-corrected chi connectivity index (χ0v) is 12.6. The number of benzene rings is 1. The van der Waals surface area contributed by atoms with Gasteiger partial charge in [-0.2, -0.15) is 0 Å². The first-order chi connectivity index (χ1) is 9.67. The van der Waals surface area contributed by atoms with Crippen molar-refractivity contribution in [3.05, 3.63) is 34.7 Å². The molecule has 20 heavy (non-hydrogen) atoms. The summed E-state index contributed by atoms with van der Waals surface area (Å²) in [6, 6.07) is 5.85. The molecule has 0 amide bonds. The lowest BCUT2D eigenvalue weighted by Gasteiger charge is -2.13. The lowest BCUT2D eigenvalue weighted by Crippen LogP contribution is -2.22. The standard InChI is InChI=1S/C14H14BrN3O2/c1-18(4-5-19)8-13-16-7-12-14(17-13)10-6-9(15)2-3-11(10)20-12/h2-3,6-7,19H,4-5,8H2,1H3. The first kappa shape index (κ1) is 13.5. The molecule has 2 aromatic heterocycles. The zero-order chi connectivity index (χ0) is 14.1. The molecular formula is C14H14BrN3O2. The molecule has 0 aliphatic heterocycles. The van der Waals surface area contributed by atoms with E-state index in [1.807, 2.05) is 30.1 Å². The van der Waals surface area contributed by atoms with Crippen LogP contribution in [-0.4, -0.2) is 40.2 Å². The maximum Gasteiger partial charge on any atom is 0.172 e. The number of aromatic nitrogens is 2. The Hall–Kier alpha value is -1.50. The quantitative estimate of drug-likeness (QED) is 0.793. The number of likely N-dealkylation sites (N-methyl/N-ethyl adjacent to an activating group) is 1. The molecule has 0 aliphatic carbocycles. The van der Waals surface area contributed by atoms with Crippen LogP contribution >= 0.6 is 15.9 Å². The Morgan fingerprint density at radius 2 is 2.20 bits per heavy atom. The van der Waals surface area contributed by atoms with Gasteiger partial charge in [0.2, 0.25) is 0 Å². The number of fused-ring (bicyclic) bond motifs is 3. The minimum Gasteiger partial charge on any atom is -0.453 e. The van der Waals surface area contributed by atoms with Crippen molar-refractivity contribution in [3.63, 3.8) is 0 Å². The van der Waals surface area contributed by atoms with Gasteiger partial charge in [-0.15, -0.1) is 0 Å². The topological polar surface area (TPSA) is 62.4 Å². The Balaban J connectivity index is 2.05. The molecule has 0 saturated carbocycles. The van der Waals surface area contributed by atoms with Gasteiger partial charge in [-0.3, -0.25) is 4.90 Å². The van der Waals surface area contributed by atoms with Gasteiger partial charge >= 0.3 is 0 Å². The number of nitrogens with zero attached hydrogens (tertiary/aromatic N) is 3. The fourth-order valence-electron chi connectivity index (χ4n) is 2.14. The molecule has 1 aromatic carbocycles. The fraction of sp³-hybridized carbons (Fsp3) is 0.286. The summed E-state index contributed by atoms with van der Waals surface area (Å²) in [6.45, 7) is 1.32. The molecule has 5 nitrogen and oxygen atoms in total. The van der Waals surface area contributed by atoms with E-state index in [2.05, 4.69) is 25.9 Å². The minimum atomic E-state index is 0.125. The monoisotopic (exact) mass is 335 g/mol. The summed E-state index contributed by atoms with van der Waals surface area (Å²) < 4.78 is 6.71. The van der Waals surface area contributed by atoms with E-state index >= 15 is 0 Å². The number of rotatable bonds is 4. The van der Waals surface area contributed by atoms with Crippen LogP contribution in [0.4, 0.5) is 0 Å². The molecule has 0 saturated heterocycles. The SMILES string of the molecule is CN(CCO)Cc1ncc2oc3ccc(Br)cc3c2n1. The highest BCUT2D eigenvalue weighted by molar-refractivity contribution is 9.10. The van der Waals surface area contributed by atoms with Crippen molar-refractivity contribution >= 4 is 38.0 Å². The molecule has 0 bridgehead atoms. The Morgan fingerprint density at radius 3 is 3.00 bits per heavy atom. The van der Waals surface area contributed by atoms with E-state index in [4.69, 9.17) is 9.52 Å². The molecule has 6 heteroatoms. The molecule has 3 rings (SSSR count). The highest BCUT2D eigenvalue weighted by Gasteiger charge is 2.11. The molecule has 1 N–H and O–H groups in total. The molecule has 0 fully saturated rings. The molecule has 0 atom stereocenters. The number of hydrogen-bond donors (Lipinski definition) is 1. The van der Waals surface area contributed by atoms with Gasteiger partial charge in [-0.1, -0.05) is 15.9 Å². The van der Waals surface area contributed by atoms with Crippen molar-refractivity contribution < 1.29 is 9.52 Å². The van der Waals surface area contributed by atoms with E-state index in [1.54, 1.807) is 6.20 Å². The smallest absolute Gasteiger partial charge is 0.172 e. The Labute approximate surface area is 124 Å². The normalized spacial score (nSPS) is 11.8. The van der Waals surface area contributed by atoms with Gasteiger partial charge < -0.3 is 9.52 Å². The van der Waals surface area contributed by atoms with Gasteiger partial charge in [0.25, 0.3) is 0 Å². The summed E-state index contributed by atoms with van der Waals surface area (Å²) >= 11 is 3.46. The van der Waals surface area contributed by atoms with Crippen LogP contribution < -0.4 is 0 Å². The molecule has 2 heterocycles. The van der Waals surface area contributed by atoms with Crippen LogP contribution in [0, 0.1) is 0 Å². The Bertz CT molecular complexity index is 757. The number of halogens is 1. The molecule has 0 radical (unpaired) electrons. The summed E-state index contributed by atoms with van der Waals surface area (Å²) in [7, 11) is 1.92. The van der Waals surface area contributed by atoms with Crippen LogP contribution in [0.2, 0.25) is 0 Å². The molecule has 3 aromatic rings. The average Bonchev–Trinajstić information content (AvgIpc) is 2.76. The van der Waals surface area contributed by atoms with Crippen LogP contribution in [0.3, 0.4) is 0 Å². The summed E-state index contributed by atoms with van der Waals surface area (Å²) in [6.07, 6.45) is 1.71. The van der Waals surface area contributed by atoms with Crippen molar-refractivity contribution in [3.8, 4) is 0 Å². The Kier molecular flexibility index (Phi) is 3.69.